The molecule has 0 spiro atoms. The topological polar surface area (TPSA) is 151 Å². The van der Waals surface area contributed by atoms with Crippen LogP contribution < -0.4 is 0 Å². The van der Waals surface area contributed by atoms with Crippen LogP contribution in [0.15, 0.2) is 0 Å². The van der Waals surface area contributed by atoms with Crippen molar-refractivity contribution in [1.82, 2.24) is 4.90 Å². The van der Waals surface area contributed by atoms with E-state index in [0.717, 1.165) is 18.9 Å². The van der Waals surface area contributed by atoms with Crippen LogP contribution in [0.5, 0.6) is 0 Å². The van der Waals surface area contributed by atoms with Crippen molar-refractivity contribution >= 4 is 33.8 Å². The number of carbonyl (C=O) groups is 2. The number of nitrogens with zero attached hydrogens (tertiary/aromatic N) is 1. The van der Waals surface area contributed by atoms with Crippen molar-refractivity contribution in [2.45, 2.75) is 41.3 Å². The molecule has 2 fully saturated rings. The fourth-order valence-corrected chi connectivity index (χ4v) is 4.54. The van der Waals surface area contributed by atoms with E-state index in [1.165, 1.54) is 0 Å². The smallest absolute Gasteiger partial charge is 0.467 e. The Morgan fingerprint density at radius 3 is 2.31 bits per heavy atom. The monoisotopic (exact) mass is 425 g/mol. The Kier molecular flexibility index (Phi) is 5.80. The zero-order chi connectivity index (χ0) is 20.0. The average molecular weight is 425 g/mol. The second-order valence-electron chi connectivity index (χ2n) is 5.40. The molecule has 0 radical (unpaired) electrons. The highest BCUT2D eigenvalue weighted by Gasteiger charge is 2.58. The van der Waals surface area contributed by atoms with E-state index in [0.29, 0.717) is 4.90 Å². The number of rotatable bonds is 3. The van der Waals surface area contributed by atoms with E-state index >= 15 is 0 Å². The largest absolute Gasteiger partial charge is 0.523 e. The van der Waals surface area contributed by atoms with E-state index in [1.54, 1.807) is 0 Å². The molecule has 0 bridgehead atoms. The first-order chi connectivity index (χ1) is 11.8. The lowest BCUT2D eigenvalue weighted by molar-refractivity contribution is -0.156. The third-order valence-corrected chi connectivity index (χ3v) is 6.21. The summed E-state index contributed by atoms with van der Waals surface area (Å²) in [5.74, 6) is -2.64. The average Bonchev–Trinajstić information content (AvgIpc) is 2.97. The predicted octanol–water partition coefficient (Wildman–Crippen LogP) is -2.24. The molecule has 2 saturated heterocycles. The molecule has 0 saturated carbocycles. The van der Waals surface area contributed by atoms with Gasteiger partial charge in [-0.05, 0) is 0 Å². The molecule has 0 unspecified atom stereocenters. The highest BCUT2D eigenvalue weighted by molar-refractivity contribution is 8.00. The third-order valence-electron chi connectivity index (χ3n) is 3.82. The van der Waals surface area contributed by atoms with Crippen LogP contribution in [0, 0.1) is 0 Å². The van der Waals surface area contributed by atoms with Gasteiger partial charge in [-0.2, -0.15) is 21.6 Å². The predicted molar refractivity (Wildman–Crippen MR) is 76.8 cm³/mol. The number of aliphatic hydroxyl groups is 3. The van der Waals surface area contributed by atoms with Gasteiger partial charge in [0.05, 0.1) is 7.11 Å². The number of aliphatic hydroxyl groups excluding tert-OH is 3. The van der Waals surface area contributed by atoms with Gasteiger partial charge in [-0.25, -0.2) is 8.98 Å². The number of hydrogen-bond acceptors (Lipinski definition) is 10. The molecule has 2 rings (SSSR count). The molecule has 10 nitrogen and oxygen atoms in total. The molecule has 15 heteroatoms. The second-order valence-corrected chi connectivity index (χ2v) is 8.11. The van der Waals surface area contributed by atoms with Gasteiger partial charge in [0.1, 0.15) is 29.7 Å². The van der Waals surface area contributed by atoms with Crippen LogP contribution in [0.25, 0.3) is 0 Å². The Hall–Kier alpha value is -1.13. The molecule has 3 N–H and O–H groups in total. The number of amides is 1. The second kappa shape index (κ2) is 7.12. The van der Waals surface area contributed by atoms with Crippen LogP contribution in [0.3, 0.4) is 0 Å². The van der Waals surface area contributed by atoms with Crippen LogP contribution in [0.1, 0.15) is 0 Å². The van der Waals surface area contributed by atoms with E-state index < -0.39 is 63.3 Å². The van der Waals surface area contributed by atoms with Gasteiger partial charge in [-0.1, -0.05) is 0 Å². The quantitative estimate of drug-likeness (QED) is 0.257. The van der Waals surface area contributed by atoms with Crippen LogP contribution in [0.4, 0.5) is 13.2 Å². The summed E-state index contributed by atoms with van der Waals surface area (Å²) in [5, 5.41) is 28.5. The highest BCUT2D eigenvalue weighted by Crippen LogP contribution is 2.38. The molecule has 1 amide bonds. The summed E-state index contributed by atoms with van der Waals surface area (Å²) in [4.78, 5) is 24.9. The molecule has 0 aromatic carbocycles. The molecule has 2 aliphatic heterocycles. The maximum absolute atomic E-state index is 12.5. The number of fused-ring (bicyclic) bond motifs is 1. The van der Waals surface area contributed by atoms with Crippen LogP contribution in [0.2, 0.25) is 0 Å². The van der Waals surface area contributed by atoms with Gasteiger partial charge in [0.2, 0.25) is 0 Å². The number of ether oxygens (including phenoxy) is 1. The number of halogens is 3. The molecule has 0 aliphatic carbocycles. The van der Waals surface area contributed by atoms with Gasteiger partial charge >= 0.3 is 21.6 Å². The first-order valence-electron chi connectivity index (χ1n) is 6.89. The number of hydrogen-bond donors (Lipinski definition) is 3. The molecule has 150 valence electrons. The zero-order valence-corrected chi connectivity index (χ0v) is 14.5. The number of thioether (sulfide) groups is 1. The number of carbonyl (C=O) groups excluding carboxylic acids is 2. The van der Waals surface area contributed by atoms with E-state index in [9.17, 15) is 46.5 Å². The summed E-state index contributed by atoms with van der Waals surface area (Å²) in [6, 6.07) is -1.38. The minimum Gasteiger partial charge on any atom is -0.467 e. The van der Waals surface area contributed by atoms with Gasteiger partial charge in [0, 0.05) is 5.75 Å². The van der Waals surface area contributed by atoms with Gasteiger partial charge in [-0.3, -0.25) is 4.79 Å². The summed E-state index contributed by atoms with van der Waals surface area (Å²) in [6.45, 7) is 0. The van der Waals surface area contributed by atoms with Crippen LogP contribution in [-0.2, 0) is 28.6 Å². The van der Waals surface area contributed by atoms with Crippen molar-refractivity contribution in [1.29, 1.82) is 0 Å². The third kappa shape index (κ3) is 3.50. The SMILES string of the molecule is COC(=O)[C@@H]1CS[C@@H]2[C@H](O)[C@@H](O)[C@H](O)[C@H](OS(=O)(=O)C(F)(F)F)C(=O)N21. The Labute approximate surface area is 149 Å². The first-order valence-corrected chi connectivity index (χ1v) is 9.34. The fraction of sp³-hybridized carbons (Fsp3) is 0.818. The Morgan fingerprint density at radius 1 is 1.23 bits per heavy atom. The van der Waals surface area contributed by atoms with Crippen LogP contribution >= 0.6 is 11.8 Å². The Morgan fingerprint density at radius 2 is 1.81 bits per heavy atom. The number of methoxy groups -OCH3 is 1. The lowest BCUT2D eigenvalue weighted by Gasteiger charge is -2.29. The van der Waals surface area contributed by atoms with E-state index in [2.05, 4.69) is 8.92 Å². The molecular formula is C11H14F3NO9S2. The van der Waals surface area contributed by atoms with Crippen molar-refractivity contribution in [3.05, 3.63) is 0 Å². The molecule has 0 aromatic rings. The van der Waals surface area contributed by atoms with Crippen molar-refractivity contribution < 1.29 is 55.4 Å². The summed E-state index contributed by atoms with van der Waals surface area (Å²) in [7, 11) is -5.34. The first kappa shape index (κ1) is 21.2. The van der Waals surface area contributed by atoms with Gasteiger partial charge in [0.15, 0.2) is 6.10 Å². The number of alkyl halides is 3. The summed E-state index contributed by atoms with van der Waals surface area (Å²) >= 11 is 0.791. The van der Waals surface area contributed by atoms with Crippen LogP contribution in [-0.4, -0.2) is 94.7 Å². The van der Waals surface area contributed by atoms with Gasteiger partial charge < -0.3 is 25.0 Å². The van der Waals surface area contributed by atoms with Gasteiger partial charge in [-0.15, -0.1) is 11.8 Å². The molecule has 2 heterocycles. The Balaban J connectivity index is 2.45. The minimum atomic E-state index is -6.32. The van der Waals surface area contributed by atoms with Crippen molar-refractivity contribution in [3.63, 3.8) is 0 Å². The van der Waals surface area contributed by atoms with E-state index in [1.807, 2.05) is 0 Å². The molecule has 0 aromatic heterocycles. The molecule has 26 heavy (non-hydrogen) atoms. The lowest BCUT2D eigenvalue weighted by atomic mass is 10.1. The normalized spacial score (nSPS) is 35.8. The maximum Gasteiger partial charge on any atom is 0.523 e. The zero-order valence-electron chi connectivity index (χ0n) is 12.9. The number of esters is 1. The highest BCUT2D eigenvalue weighted by atomic mass is 32.2. The lowest BCUT2D eigenvalue weighted by Crippen LogP contribution is -2.53. The molecular weight excluding hydrogens is 411 g/mol. The minimum absolute atomic E-state index is 0.137. The molecule has 6 atom stereocenters. The van der Waals surface area contributed by atoms with Gasteiger partial charge in [0.25, 0.3) is 5.91 Å². The fourth-order valence-electron chi connectivity index (χ4n) is 2.52. The Bertz CT molecular complexity index is 685. The van der Waals surface area contributed by atoms with Crippen molar-refractivity contribution in [3.8, 4) is 0 Å². The summed E-state index contributed by atoms with van der Waals surface area (Å²) < 4.78 is 68.3. The van der Waals surface area contributed by atoms with Crippen molar-refractivity contribution in [2.24, 2.45) is 0 Å². The van der Waals surface area contributed by atoms with Crippen molar-refractivity contribution in [2.75, 3.05) is 12.9 Å². The summed E-state index contributed by atoms with van der Waals surface area (Å²) in [6.07, 6.45) is -9.33. The maximum atomic E-state index is 12.5. The standard InChI is InChI=1S/C11H14F3NO9S2/c1-23-10(20)3-2-25-9-6(18)4(16)5(17)7(8(19)15(3)9)24-26(21,22)11(12,13)14/h3-7,9,16-18H,2H2,1H3/t3-,4-,5-,6+,7-,9+/m0/s1. The summed E-state index contributed by atoms with van der Waals surface area (Å²) in [5.41, 5.74) is -5.90. The molecule has 2 aliphatic rings. The van der Waals surface area contributed by atoms with E-state index in [-0.39, 0.29) is 5.75 Å². The van der Waals surface area contributed by atoms with E-state index in [4.69, 9.17) is 0 Å².